The Morgan fingerprint density at radius 3 is 2.63 bits per heavy atom. The van der Waals surface area contributed by atoms with Crippen molar-refractivity contribution in [1.82, 2.24) is 0 Å². The maximum atomic E-state index is 12.9. The first kappa shape index (κ1) is 24.5. The van der Waals surface area contributed by atoms with Gasteiger partial charge in [-0.05, 0) is 23.6 Å². The largest absolute Gasteiger partial charge is 0.507 e. The fourth-order valence-corrected chi connectivity index (χ4v) is 3.95. The highest BCUT2D eigenvalue weighted by Crippen LogP contribution is 2.37. The number of hydrogen-bond donors (Lipinski definition) is 3. The van der Waals surface area contributed by atoms with Crippen LogP contribution in [0.25, 0.3) is 10.8 Å². The van der Waals surface area contributed by atoms with Crippen molar-refractivity contribution in [3.63, 3.8) is 0 Å². The summed E-state index contributed by atoms with van der Waals surface area (Å²) < 4.78 is 27.3. The van der Waals surface area contributed by atoms with Gasteiger partial charge in [-0.1, -0.05) is 30.3 Å². The minimum absolute atomic E-state index is 0.0435. The first-order chi connectivity index (χ1) is 17.0. The topological polar surface area (TPSA) is 113 Å². The Morgan fingerprint density at radius 1 is 1.09 bits per heavy atom. The summed E-state index contributed by atoms with van der Waals surface area (Å²) in [5, 5.41) is 14.3. The average molecular weight is 500 g/mol. The van der Waals surface area contributed by atoms with E-state index in [0.29, 0.717) is 33.5 Å². The van der Waals surface area contributed by atoms with Gasteiger partial charge in [0.1, 0.15) is 11.9 Å². The molecular formula is C25H25NO8S. The second-order valence-electron chi connectivity index (χ2n) is 7.68. The molecule has 1 amide bonds. The molecular weight excluding hydrogens is 474 g/mol. The van der Waals surface area contributed by atoms with Gasteiger partial charge < -0.3 is 28.8 Å². The van der Waals surface area contributed by atoms with Crippen molar-refractivity contribution in [2.45, 2.75) is 18.6 Å². The highest BCUT2D eigenvalue weighted by atomic mass is 32.1. The van der Waals surface area contributed by atoms with Crippen molar-refractivity contribution < 1.29 is 38.4 Å². The third kappa shape index (κ3) is 5.72. The van der Waals surface area contributed by atoms with Gasteiger partial charge in [-0.2, -0.15) is 12.6 Å². The predicted octanol–water partition coefficient (Wildman–Crippen LogP) is 4.44. The lowest BCUT2D eigenvalue weighted by molar-refractivity contribution is -0.141. The van der Waals surface area contributed by atoms with Crippen LogP contribution >= 0.6 is 12.6 Å². The van der Waals surface area contributed by atoms with E-state index in [4.69, 9.17) is 23.7 Å². The van der Waals surface area contributed by atoms with E-state index in [1.807, 2.05) is 12.1 Å². The standard InChI is InChI=1S/C25H25NO8S/c1-30-21(10-11-31-23(28)13-35)24(18-7-8-19(27)17-5-3-2-4-16(17)18)34-25(29)26-15-6-9-20-22(12-15)33-14-32-20/h2-9,12,21,24,27,35H,10-11,13-14H2,1H3,(H,26,29)/t21-,24-/m0/s1. The molecule has 0 aromatic heterocycles. The normalized spacial score (nSPS) is 13.8. The summed E-state index contributed by atoms with van der Waals surface area (Å²) in [5.41, 5.74) is 1.09. The number of rotatable bonds is 9. The number of hydrogen-bond acceptors (Lipinski definition) is 9. The maximum absolute atomic E-state index is 12.9. The minimum Gasteiger partial charge on any atom is -0.507 e. The van der Waals surface area contributed by atoms with Crippen molar-refractivity contribution in [3.05, 3.63) is 60.2 Å². The third-order valence-electron chi connectivity index (χ3n) is 5.53. The summed E-state index contributed by atoms with van der Waals surface area (Å²) in [6.07, 6.45) is -2.00. The number of fused-ring (bicyclic) bond motifs is 2. The molecule has 0 saturated carbocycles. The van der Waals surface area contributed by atoms with Crippen LogP contribution in [0.4, 0.5) is 10.5 Å². The molecule has 1 aliphatic rings. The fraction of sp³-hybridized carbons (Fsp3) is 0.280. The van der Waals surface area contributed by atoms with Gasteiger partial charge in [0.15, 0.2) is 17.6 Å². The van der Waals surface area contributed by atoms with Crippen molar-refractivity contribution in [3.8, 4) is 17.2 Å². The van der Waals surface area contributed by atoms with E-state index in [9.17, 15) is 14.7 Å². The monoisotopic (exact) mass is 499 g/mol. The van der Waals surface area contributed by atoms with Gasteiger partial charge in [-0.3, -0.25) is 10.1 Å². The zero-order valence-electron chi connectivity index (χ0n) is 18.9. The second kappa shape index (κ2) is 11.2. The number of thiol groups is 1. The van der Waals surface area contributed by atoms with E-state index in [2.05, 4.69) is 17.9 Å². The molecule has 0 unspecified atom stereocenters. The molecule has 0 saturated heterocycles. The first-order valence-electron chi connectivity index (χ1n) is 10.9. The molecule has 3 aromatic carbocycles. The minimum atomic E-state index is -0.880. The Balaban J connectivity index is 1.60. The van der Waals surface area contributed by atoms with E-state index in [1.54, 1.807) is 36.4 Å². The van der Waals surface area contributed by atoms with Gasteiger partial charge in [0, 0.05) is 36.2 Å². The number of nitrogens with one attached hydrogen (secondary N) is 1. The van der Waals surface area contributed by atoms with Crippen LogP contribution in [-0.4, -0.2) is 49.5 Å². The number of esters is 1. The molecule has 0 aliphatic carbocycles. The first-order valence-corrected chi connectivity index (χ1v) is 11.5. The van der Waals surface area contributed by atoms with Crippen LogP contribution in [0.3, 0.4) is 0 Å². The summed E-state index contributed by atoms with van der Waals surface area (Å²) in [6, 6.07) is 15.4. The molecule has 35 heavy (non-hydrogen) atoms. The number of phenolic OH excluding ortho intramolecular Hbond substituents is 1. The Bertz CT molecular complexity index is 1220. The molecule has 2 N–H and O–H groups in total. The molecule has 0 bridgehead atoms. The predicted molar refractivity (Wildman–Crippen MR) is 131 cm³/mol. The van der Waals surface area contributed by atoms with Gasteiger partial charge in [0.2, 0.25) is 6.79 Å². The number of benzene rings is 3. The number of phenols is 1. The van der Waals surface area contributed by atoms with Gasteiger partial charge in [0.25, 0.3) is 0 Å². The number of amides is 1. The number of anilines is 1. The van der Waals surface area contributed by atoms with Crippen molar-refractivity contribution in [2.75, 3.05) is 31.6 Å². The summed E-state index contributed by atoms with van der Waals surface area (Å²) in [4.78, 5) is 24.5. The summed E-state index contributed by atoms with van der Waals surface area (Å²) in [6.45, 7) is 0.171. The number of carbonyl (C=O) groups is 2. The smallest absolute Gasteiger partial charge is 0.412 e. The van der Waals surface area contributed by atoms with Crippen LogP contribution in [0.2, 0.25) is 0 Å². The number of methoxy groups -OCH3 is 1. The van der Waals surface area contributed by atoms with Gasteiger partial charge in [-0.25, -0.2) is 4.79 Å². The lowest BCUT2D eigenvalue weighted by atomic mass is 9.95. The highest BCUT2D eigenvalue weighted by Gasteiger charge is 2.30. The maximum Gasteiger partial charge on any atom is 0.412 e. The van der Waals surface area contributed by atoms with E-state index < -0.39 is 24.3 Å². The van der Waals surface area contributed by atoms with E-state index in [1.165, 1.54) is 13.2 Å². The molecule has 3 aromatic rings. The molecule has 9 nitrogen and oxygen atoms in total. The molecule has 0 radical (unpaired) electrons. The molecule has 184 valence electrons. The third-order valence-corrected chi connectivity index (χ3v) is 5.79. The van der Waals surface area contributed by atoms with Crippen LogP contribution < -0.4 is 14.8 Å². The van der Waals surface area contributed by atoms with E-state index in [0.717, 1.165) is 0 Å². The van der Waals surface area contributed by atoms with Gasteiger partial charge in [-0.15, -0.1) is 0 Å². The van der Waals surface area contributed by atoms with Crippen LogP contribution in [-0.2, 0) is 19.0 Å². The Labute approximate surface area is 207 Å². The number of aromatic hydroxyl groups is 1. The van der Waals surface area contributed by atoms with Crippen LogP contribution in [0.1, 0.15) is 18.1 Å². The van der Waals surface area contributed by atoms with Crippen molar-refractivity contribution >= 4 is 41.2 Å². The zero-order chi connectivity index (χ0) is 24.8. The fourth-order valence-electron chi connectivity index (χ4n) is 3.86. The average Bonchev–Trinajstić information content (AvgIpc) is 3.34. The summed E-state index contributed by atoms with van der Waals surface area (Å²) >= 11 is 3.90. The number of ether oxygens (including phenoxy) is 5. The van der Waals surface area contributed by atoms with Crippen molar-refractivity contribution in [1.29, 1.82) is 0 Å². The SMILES string of the molecule is CO[C@@H](CCOC(=O)CS)[C@@H](OC(=O)Nc1ccc2c(c1)OCO2)c1ccc(O)c2ccccc12. The van der Waals surface area contributed by atoms with Gasteiger partial charge >= 0.3 is 12.1 Å². The van der Waals surface area contributed by atoms with Crippen LogP contribution in [0.15, 0.2) is 54.6 Å². The molecule has 4 rings (SSSR count). The Hall–Kier alpha value is -3.63. The Morgan fingerprint density at radius 2 is 1.86 bits per heavy atom. The lowest BCUT2D eigenvalue weighted by Crippen LogP contribution is -2.29. The lowest BCUT2D eigenvalue weighted by Gasteiger charge is -2.27. The second-order valence-corrected chi connectivity index (χ2v) is 8.00. The molecule has 10 heteroatoms. The van der Waals surface area contributed by atoms with E-state index in [-0.39, 0.29) is 31.3 Å². The molecule has 1 heterocycles. The quantitative estimate of drug-likeness (QED) is 0.293. The zero-order valence-corrected chi connectivity index (χ0v) is 19.8. The van der Waals surface area contributed by atoms with Crippen LogP contribution in [0, 0.1) is 0 Å². The Kier molecular flexibility index (Phi) is 7.84. The molecule has 1 aliphatic heterocycles. The van der Waals surface area contributed by atoms with Crippen LogP contribution in [0.5, 0.6) is 17.2 Å². The van der Waals surface area contributed by atoms with E-state index >= 15 is 0 Å². The summed E-state index contributed by atoms with van der Waals surface area (Å²) in [7, 11) is 1.49. The highest BCUT2D eigenvalue weighted by molar-refractivity contribution is 7.81. The number of carbonyl (C=O) groups excluding carboxylic acids is 2. The van der Waals surface area contributed by atoms with Crippen molar-refractivity contribution in [2.24, 2.45) is 0 Å². The molecule has 0 spiro atoms. The van der Waals surface area contributed by atoms with Gasteiger partial charge in [0.05, 0.1) is 12.4 Å². The summed E-state index contributed by atoms with van der Waals surface area (Å²) in [5.74, 6) is 0.705. The molecule has 2 atom stereocenters. The molecule has 0 fully saturated rings.